The molecular formula is C25H32FN5O4. The van der Waals surface area contributed by atoms with E-state index in [2.05, 4.69) is 11.4 Å². The van der Waals surface area contributed by atoms with Crippen molar-refractivity contribution in [1.29, 1.82) is 5.26 Å². The maximum absolute atomic E-state index is 13.6. The molecule has 0 unspecified atom stereocenters. The fraction of sp³-hybridized carbons (Fsp3) is 0.600. The molecule has 3 amide bonds. The summed E-state index contributed by atoms with van der Waals surface area (Å²) in [6.45, 7) is 6.70. The molecule has 9 nitrogen and oxygen atoms in total. The number of alkyl carbamates (subject to hydrolysis) is 1. The average Bonchev–Trinajstić information content (AvgIpc) is 3.48. The maximum atomic E-state index is 13.6. The molecule has 0 spiro atoms. The second-order valence-electron chi connectivity index (χ2n) is 10.5. The molecule has 0 radical (unpaired) electrons. The number of likely N-dealkylation sites (tertiary alicyclic amines) is 3. The molecule has 3 aliphatic heterocycles. The van der Waals surface area contributed by atoms with Gasteiger partial charge in [0.25, 0.3) is 0 Å². The number of benzene rings is 1. The topological polar surface area (TPSA) is 106 Å². The van der Waals surface area contributed by atoms with Gasteiger partial charge in [-0.2, -0.15) is 5.26 Å². The summed E-state index contributed by atoms with van der Waals surface area (Å²) >= 11 is 0. The molecule has 3 saturated heterocycles. The van der Waals surface area contributed by atoms with Crippen LogP contribution in [0.25, 0.3) is 0 Å². The normalized spacial score (nSPS) is 25.0. The number of hydrogen-bond acceptors (Lipinski definition) is 6. The van der Waals surface area contributed by atoms with Crippen LogP contribution < -0.4 is 5.32 Å². The maximum Gasteiger partial charge on any atom is 0.408 e. The quantitative estimate of drug-likeness (QED) is 0.661. The van der Waals surface area contributed by atoms with Gasteiger partial charge in [0.2, 0.25) is 11.8 Å². The van der Waals surface area contributed by atoms with E-state index in [1.807, 2.05) is 4.90 Å². The molecular weight excluding hydrogens is 453 g/mol. The van der Waals surface area contributed by atoms with Crippen LogP contribution in [0.4, 0.5) is 9.18 Å². The number of halogens is 1. The highest BCUT2D eigenvalue weighted by Gasteiger charge is 2.50. The Hall–Kier alpha value is -3.19. The van der Waals surface area contributed by atoms with Gasteiger partial charge in [0.1, 0.15) is 23.5 Å². The van der Waals surface area contributed by atoms with Gasteiger partial charge in [0.15, 0.2) is 0 Å². The Balaban J connectivity index is 1.45. The molecule has 0 aliphatic carbocycles. The first-order valence-corrected chi connectivity index (χ1v) is 12.0. The lowest BCUT2D eigenvalue weighted by Crippen LogP contribution is -2.58. The molecule has 1 aromatic carbocycles. The van der Waals surface area contributed by atoms with Crippen molar-refractivity contribution in [2.24, 2.45) is 0 Å². The van der Waals surface area contributed by atoms with Crippen molar-refractivity contribution >= 4 is 17.9 Å². The van der Waals surface area contributed by atoms with E-state index in [9.17, 15) is 24.0 Å². The number of hydrogen-bond donors (Lipinski definition) is 1. The van der Waals surface area contributed by atoms with Crippen molar-refractivity contribution in [1.82, 2.24) is 20.0 Å². The van der Waals surface area contributed by atoms with Crippen LogP contribution in [0.3, 0.4) is 0 Å². The number of piperazine rings is 1. The Morgan fingerprint density at radius 3 is 2.77 bits per heavy atom. The molecule has 10 heteroatoms. The summed E-state index contributed by atoms with van der Waals surface area (Å²) in [5.41, 5.74) is -0.00525. The van der Waals surface area contributed by atoms with E-state index in [-0.39, 0.29) is 30.2 Å². The van der Waals surface area contributed by atoms with Gasteiger partial charge in [-0.1, -0.05) is 12.1 Å². The zero-order chi connectivity index (χ0) is 25.3. The number of ether oxygens (including phenoxy) is 1. The van der Waals surface area contributed by atoms with Crippen LogP contribution in [0, 0.1) is 17.1 Å². The third kappa shape index (κ3) is 5.56. The first-order valence-electron chi connectivity index (χ1n) is 12.0. The van der Waals surface area contributed by atoms with Gasteiger partial charge in [-0.05, 0) is 57.7 Å². The fourth-order valence-corrected chi connectivity index (χ4v) is 5.21. The summed E-state index contributed by atoms with van der Waals surface area (Å²) in [6, 6.07) is 6.46. The van der Waals surface area contributed by atoms with Crippen molar-refractivity contribution < 1.29 is 23.5 Å². The summed E-state index contributed by atoms with van der Waals surface area (Å²) in [5, 5.41) is 12.1. The van der Waals surface area contributed by atoms with Gasteiger partial charge in [0.05, 0.1) is 12.1 Å². The van der Waals surface area contributed by atoms with Crippen LogP contribution in [0.1, 0.15) is 45.6 Å². The third-order valence-corrected chi connectivity index (χ3v) is 6.72. The molecule has 188 valence electrons. The average molecular weight is 486 g/mol. The van der Waals surface area contributed by atoms with Gasteiger partial charge < -0.3 is 19.9 Å². The molecule has 4 atom stereocenters. The fourth-order valence-electron chi connectivity index (χ4n) is 5.21. The summed E-state index contributed by atoms with van der Waals surface area (Å²) in [5.74, 6) is -0.745. The number of nitrogens with one attached hydrogen (secondary N) is 1. The second kappa shape index (κ2) is 9.82. The Bertz CT molecular complexity index is 1040. The Morgan fingerprint density at radius 1 is 1.34 bits per heavy atom. The van der Waals surface area contributed by atoms with Crippen LogP contribution in [0.15, 0.2) is 24.3 Å². The first-order chi connectivity index (χ1) is 16.6. The lowest BCUT2D eigenvalue weighted by atomic mass is 10.1. The van der Waals surface area contributed by atoms with E-state index < -0.39 is 29.8 Å². The predicted molar refractivity (Wildman–Crippen MR) is 124 cm³/mol. The number of carbonyl (C=O) groups excluding carboxylic acids is 3. The number of nitriles is 1. The first kappa shape index (κ1) is 24.9. The number of amides is 3. The summed E-state index contributed by atoms with van der Waals surface area (Å²) in [4.78, 5) is 44.2. The number of nitrogens with zero attached hydrogens (tertiary/aromatic N) is 4. The lowest BCUT2D eigenvalue weighted by Gasteiger charge is -2.36. The highest BCUT2D eigenvalue weighted by molar-refractivity contribution is 5.88. The van der Waals surface area contributed by atoms with Gasteiger partial charge in [-0.15, -0.1) is 0 Å². The molecule has 35 heavy (non-hydrogen) atoms. The van der Waals surface area contributed by atoms with Gasteiger partial charge in [0, 0.05) is 32.2 Å². The van der Waals surface area contributed by atoms with E-state index in [1.54, 1.807) is 37.8 Å². The van der Waals surface area contributed by atoms with Crippen molar-refractivity contribution in [2.45, 2.75) is 76.3 Å². The second-order valence-corrected chi connectivity index (χ2v) is 10.5. The van der Waals surface area contributed by atoms with E-state index >= 15 is 0 Å². The Morgan fingerprint density at radius 2 is 2.11 bits per heavy atom. The predicted octanol–water partition coefficient (Wildman–Crippen LogP) is 2.02. The third-order valence-electron chi connectivity index (χ3n) is 6.72. The minimum absolute atomic E-state index is 0.0494. The molecule has 3 fully saturated rings. The summed E-state index contributed by atoms with van der Waals surface area (Å²) in [7, 11) is 0. The lowest BCUT2D eigenvalue weighted by molar-refractivity contribution is -0.140. The molecule has 4 rings (SSSR count). The van der Waals surface area contributed by atoms with E-state index in [1.165, 1.54) is 17.0 Å². The summed E-state index contributed by atoms with van der Waals surface area (Å²) < 4.78 is 18.9. The minimum Gasteiger partial charge on any atom is -0.444 e. The zero-order valence-electron chi connectivity index (χ0n) is 20.4. The van der Waals surface area contributed by atoms with Crippen LogP contribution in [0.5, 0.6) is 0 Å². The van der Waals surface area contributed by atoms with Crippen molar-refractivity contribution in [3.05, 3.63) is 35.6 Å². The molecule has 3 aliphatic rings. The van der Waals surface area contributed by atoms with Gasteiger partial charge in [-0.25, -0.2) is 9.18 Å². The molecule has 0 aromatic heterocycles. The van der Waals surface area contributed by atoms with Crippen molar-refractivity contribution in [3.63, 3.8) is 0 Å². The Labute approximate surface area is 204 Å². The van der Waals surface area contributed by atoms with Crippen LogP contribution in [-0.2, 0) is 20.9 Å². The standard InChI is InChI=1S/C25H32FN5O4/c1-25(2,3)35-24(34)28-20(22(32)30-9-5-8-18(30)12-27)15-29-14-19-11-21(29)23(33)31(19)13-16-6-4-7-17(26)10-16/h4,6-7,10,18-21H,5,8-9,11,13-15H2,1-3H3,(H,28,34)/t18-,19-,20-,21-/m0/s1. The largest absolute Gasteiger partial charge is 0.444 e. The number of rotatable bonds is 6. The Kier molecular flexibility index (Phi) is 6.99. The molecule has 1 aromatic rings. The highest BCUT2D eigenvalue weighted by Crippen LogP contribution is 2.33. The van der Waals surface area contributed by atoms with Crippen molar-refractivity contribution in [2.75, 3.05) is 19.6 Å². The molecule has 3 heterocycles. The SMILES string of the molecule is CC(C)(C)OC(=O)N[C@@H](CN1C[C@@H]2C[C@H]1C(=O)N2Cc1cccc(F)c1)C(=O)N1CCC[C@H]1C#N. The van der Waals surface area contributed by atoms with Crippen molar-refractivity contribution in [3.8, 4) is 6.07 Å². The van der Waals surface area contributed by atoms with Crippen LogP contribution in [0.2, 0.25) is 0 Å². The highest BCUT2D eigenvalue weighted by atomic mass is 19.1. The molecule has 0 saturated carbocycles. The monoisotopic (exact) mass is 485 g/mol. The zero-order valence-corrected chi connectivity index (χ0v) is 20.4. The van der Waals surface area contributed by atoms with E-state index in [0.717, 1.165) is 12.0 Å². The summed E-state index contributed by atoms with van der Waals surface area (Å²) in [6.07, 6.45) is 1.23. The van der Waals surface area contributed by atoms with E-state index in [0.29, 0.717) is 32.5 Å². The molecule has 1 N–H and O–H groups in total. The number of carbonyl (C=O) groups is 3. The van der Waals surface area contributed by atoms with Crippen LogP contribution >= 0.6 is 0 Å². The van der Waals surface area contributed by atoms with Gasteiger partial charge >= 0.3 is 6.09 Å². The smallest absolute Gasteiger partial charge is 0.408 e. The van der Waals surface area contributed by atoms with E-state index in [4.69, 9.17) is 4.74 Å². The minimum atomic E-state index is -0.942. The number of fused-ring (bicyclic) bond motifs is 2. The van der Waals surface area contributed by atoms with Gasteiger partial charge in [-0.3, -0.25) is 14.5 Å². The van der Waals surface area contributed by atoms with Crippen LogP contribution in [-0.4, -0.2) is 82.0 Å². The molecule has 2 bridgehead atoms.